The second-order valence-electron chi connectivity index (χ2n) is 12.1. The predicted octanol–water partition coefficient (Wildman–Crippen LogP) is 6.03. The van der Waals surface area contributed by atoms with Crippen LogP contribution in [0.3, 0.4) is 0 Å². The summed E-state index contributed by atoms with van der Waals surface area (Å²) in [7, 11) is -4.44. The van der Waals surface area contributed by atoms with E-state index in [1.807, 2.05) is 18.2 Å². The maximum atomic E-state index is 12.7. The van der Waals surface area contributed by atoms with E-state index in [1.165, 1.54) is 21.8 Å². The number of hydrogen-bond acceptors (Lipinski definition) is 9. The standard InChI is InChI=1S/C34H46N3O7PS/c38-22-6-3-1-2-4-7-24-43-45(40,41)44-27-37(20-17-36(18-21-37)32-10-9-11-33-30(32)16-25-46-33)19-5-8-23-42-29-14-12-28-13-15-34(39)35-31(28)26-29/h9-16,25-26,38H,1-8,17-24,27H2,(H-,35,39,40,41). The fraction of sp³-hybridized carbons (Fsp3) is 0.500. The lowest BCUT2D eigenvalue weighted by Gasteiger charge is -2.46. The van der Waals surface area contributed by atoms with Gasteiger partial charge in [-0.1, -0.05) is 31.7 Å². The molecule has 5 rings (SSSR count). The van der Waals surface area contributed by atoms with Crippen molar-refractivity contribution in [2.24, 2.45) is 0 Å². The molecule has 46 heavy (non-hydrogen) atoms. The summed E-state index contributed by atoms with van der Waals surface area (Å²) in [6, 6.07) is 17.5. The Bertz CT molecular complexity index is 1640. The van der Waals surface area contributed by atoms with Crippen LogP contribution in [0.4, 0.5) is 5.69 Å². The van der Waals surface area contributed by atoms with E-state index in [0.29, 0.717) is 23.3 Å². The van der Waals surface area contributed by atoms with Gasteiger partial charge < -0.3 is 29.1 Å². The number of aromatic nitrogens is 1. The first-order valence-electron chi connectivity index (χ1n) is 16.4. The molecule has 1 saturated heterocycles. The average molecular weight is 672 g/mol. The van der Waals surface area contributed by atoms with Gasteiger partial charge in [0.15, 0.2) is 6.73 Å². The molecular formula is C34H46N3O7PS. The number of aliphatic hydroxyl groups is 1. The summed E-state index contributed by atoms with van der Waals surface area (Å²) in [5.74, 6) is 0.701. The fourth-order valence-electron chi connectivity index (χ4n) is 6.09. The molecule has 0 bridgehead atoms. The average Bonchev–Trinajstić information content (AvgIpc) is 3.55. The number of ether oxygens (including phenoxy) is 1. The van der Waals surface area contributed by atoms with E-state index >= 15 is 0 Å². The number of aliphatic hydroxyl groups excluding tert-OH is 1. The Morgan fingerprint density at radius 2 is 1.67 bits per heavy atom. The van der Waals surface area contributed by atoms with E-state index in [1.54, 1.807) is 17.4 Å². The molecule has 1 fully saturated rings. The molecule has 4 aromatic rings. The number of piperazine rings is 1. The molecule has 250 valence electrons. The number of benzene rings is 2. The van der Waals surface area contributed by atoms with Crippen molar-refractivity contribution in [3.63, 3.8) is 0 Å². The van der Waals surface area contributed by atoms with Gasteiger partial charge in [-0.25, -0.2) is 0 Å². The number of H-pyrrole nitrogens is 1. The van der Waals surface area contributed by atoms with Crippen molar-refractivity contribution >= 4 is 45.8 Å². The van der Waals surface area contributed by atoms with Gasteiger partial charge in [0.2, 0.25) is 5.56 Å². The van der Waals surface area contributed by atoms with Crippen LogP contribution in [0.2, 0.25) is 0 Å². The first-order valence-corrected chi connectivity index (χ1v) is 18.7. The zero-order chi connectivity index (χ0) is 32.2. The van der Waals surface area contributed by atoms with E-state index < -0.39 is 7.82 Å². The Hall–Kier alpha value is -2.76. The van der Waals surface area contributed by atoms with Crippen LogP contribution in [-0.4, -0.2) is 73.8 Å². The molecule has 2 aromatic carbocycles. The van der Waals surface area contributed by atoms with E-state index in [-0.39, 0.29) is 25.5 Å². The minimum absolute atomic E-state index is 0.0529. The van der Waals surface area contributed by atoms with Crippen molar-refractivity contribution < 1.29 is 32.8 Å². The molecule has 1 aliphatic heterocycles. The molecule has 1 atom stereocenters. The van der Waals surface area contributed by atoms with Crippen molar-refractivity contribution in [2.45, 2.75) is 51.4 Å². The van der Waals surface area contributed by atoms with Gasteiger partial charge in [-0.05, 0) is 72.8 Å². The van der Waals surface area contributed by atoms with Crippen LogP contribution in [-0.2, 0) is 13.6 Å². The number of anilines is 1. The minimum Gasteiger partial charge on any atom is -0.756 e. The third kappa shape index (κ3) is 9.87. The quantitative estimate of drug-likeness (QED) is 0.0704. The number of aromatic amines is 1. The largest absolute Gasteiger partial charge is 0.756 e. The number of phosphoric ester groups is 1. The molecule has 12 heteroatoms. The maximum absolute atomic E-state index is 12.7. The highest BCUT2D eigenvalue weighted by Crippen LogP contribution is 2.40. The molecule has 1 aliphatic rings. The summed E-state index contributed by atoms with van der Waals surface area (Å²) in [4.78, 5) is 29.7. The molecule has 2 N–H and O–H groups in total. The number of nitrogens with one attached hydrogen (secondary N) is 1. The highest BCUT2D eigenvalue weighted by Gasteiger charge is 2.34. The highest BCUT2D eigenvalue weighted by molar-refractivity contribution is 7.45. The second kappa shape index (κ2) is 16.9. The van der Waals surface area contributed by atoms with Crippen molar-refractivity contribution in [1.29, 1.82) is 0 Å². The molecule has 3 heterocycles. The number of quaternary nitrogens is 1. The van der Waals surface area contributed by atoms with E-state index in [4.69, 9.17) is 18.9 Å². The van der Waals surface area contributed by atoms with Gasteiger partial charge in [0, 0.05) is 34.5 Å². The number of pyridine rings is 1. The van der Waals surface area contributed by atoms with Crippen LogP contribution in [0, 0.1) is 0 Å². The number of fused-ring (bicyclic) bond motifs is 2. The lowest BCUT2D eigenvalue weighted by atomic mass is 10.1. The Labute approximate surface area is 274 Å². The Kier molecular flexibility index (Phi) is 12.7. The van der Waals surface area contributed by atoms with E-state index in [9.17, 15) is 14.3 Å². The number of hydrogen-bond donors (Lipinski definition) is 2. The Morgan fingerprint density at radius 3 is 2.50 bits per heavy atom. The van der Waals surface area contributed by atoms with Crippen molar-refractivity contribution in [3.8, 4) is 5.75 Å². The topological polar surface area (TPSA) is 124 Å². The monoisotopic (exact) mass is 671 g/mol. The van der Waals surface area contributed by atoms with E-state index in [2.05, 4.69) is 39.5 Å². The predicted molar refractivity (Wildman–Crippen MR) is 182 cm³/mol. The van der Waals surface area contributed by atoms with Gasteiger partial charge in [0.25, 0.3) is 7.82 Å². The number of unbranched alkanes of at least 4 members (excludes halogenated alkanes) is 6. The molecule has 0 spiro atoms. The lowest BCUT2D eigenvalue weighted by Crippen LogP contribution is -2.61. The molecule has 10 nitrogen and oxygen atoms in total. The van der Waals surface area contributed by atoms with Gasteiger partial charge >= 0.3 is 0 Å². The van der Waals surface area contributed by atoms with Crippen molar-refractivity contribution in [1.82, 2.24) is 4.98 Å². The molecule has 2 aromatic heterocycles. The van der Waals surface area contributed by atoms with Gasteiger partial charge in [0.05, 0.1) is 51.5 Å². The van der Waals surface area contributed by atoms with Crippen LogP contribution in [0.25, 0.3) is 21.0 Å². The summed E-state index contributed by atoms with van der Waals surface area (Å²) in [5.41, 5.74) is 1.81. The number of phosphoric acid groups is 1. The van der Waals surface area contributed by atoms with Gasteiger partial charge in [-0.2, -0.15) is 0 Å². The summed E-state index contributed by atoms with van der Waals surface area (Å²) in [5, 5.41) is 13.2. The highest BCUT2D eigenvalue weighted by atomic mass is 32.1. The summed E-state index contributed by atoms with van der Waals surface area (Å²) >= 11 is 1.74. The van der Waals surface area contributed by atoms with Crippen LogP contribution >= 0.6 is 19.2 Å². The van der Waals surface area contributed by atoms with Crippen LogP contribution in [0.15, 0.2) is 64.8 Å². The van der Waals surface area contributed by atoms with Crippen LogP contribution in [0.1, 0.15) is 51.4 Å². The van der Waals surface area contributed by atoms with Crippen molar-refractivity contribution in [2.75, 3.05) is 64.2 Å². The smallest absolute Gasteiger partial charge is 0.272 e. The minimum atomic E-state index is -4.44. The summed E-state index contributed by atoms with van der Waals surface area (Å²) < 4.78 is 31.3. The first-order chi connectivity index (χ1) is 22.4. The molecular weight excluding hydrogens is 625 g/mol. The number of nitrogens with zero attached hydrogens (tertiary/aromatic N) is 2. The molecule has 0 radical (unpaired) electrons. The molecule has 0 saturated carbocycles. The third-order valence-corrected chi connectivity index (χ3v) is 10.6. The molecule has 0 aliphatic carbocycles. The lowest BCUT2D eigenvalue weighted by molar-refractivity contribution is -0.943. The van der Waals surface area contributed by atoms with Gasteiger partial charge in [-0.3, -0.25) is 18.4 Å². The Morgan fingerprint density at radius 1 is 0.913 bits per heavy atom. The zero-order valence-corrected chi connectivity index (χ0v) is 28.2. The SMILES string of the molecule is O=c1ccc2ccc(OCCCC[N+]3(COP(=O)([O-])OCCCCCCCCO)CCN(c4cccc5sccc45)CC3)cc2[nH]1. The van der Waals surface area contributed by atoms with Crippen LogP contribution < -0.4 is 20.1 Å². The summed E-state index contributed by atoms with van der Waals surface area (Å²) in [6.45, 7) is 4.77. The van der Waals surface area contributed by atoms with Gasteiger partial charge in [-0.15, -0.1) is 11.3 Å². The third-order valence-electron chi connectivity index (χ3n) is 8.79. The number of rotatable bonds is 19. The second-order valence-corrected chi connectivity index (χ2v) is 14.5. The normalized spacial score (nSPS) is 16.2. The number of thiophene rings is 1. The fourth-order valence-corrected chi connectivity index (χ4v) is 7.71. The molecule has 1 unspecified atom stereocenters. The first kappa shape index (κ1) is 34.6. The maximum Gasteiger partial charge on any atom is 0.272 e. The van der Waals surface area contributed by atoms with E-state index in [0.717, 1.165) is 88.6 Å². The van der Waals surface area contributed by atoms with Crippen molar-refractivity contribution in [3.05, 3.63) is 70.3 Å². The molecule has 0 amide bonds. The van der Waals surface area contributed by atoms with Crippen LogP contribution in [0.5, 0.6) is 5.75 Å². The Balaban J connectivity index is 1.14. The zero-order valence-electron chi connectivity index (χ0n) is 26.4. The van der Waals surface area contributed by atoms with Gasteiger partial charge in [0.1, 0.15) is 5.75 Å². The summed E-state index contributed by atoms with van der Waals surface area (Å²) in [6.07, 6.45) is 6.99.